The Morgan fingerprint density at radius 2 is 1.92 bits per heavy atom. The summed E-state index contributed by atoms with van der Waals surface area (Å²) in [6.07, 6.45) is 2.66. The number of benzene rings is 3. The van der Waals surface area contributed by atoms with Crippen LogP contribution in [0.15, 0.2) is 79.1 Å². The molecule has 200 valence electrons. The number of anilines is 2. The molecule has 7 nitrogen and oxygen atoms in total. The molecule has 39 heavy (non-hydrogen) atoms. The Bertz CT molecular complexity index is 1760. The molecule has 5 aromatic rings. The summed E-state index contributed by atoms with van der Waals surface area (Å²) in [5.74, 6) is 0.641. The zero-order chi connectivity index (χ0) is 27.6. The van der Waals surface area contributed by atoms with Gasteiger partial charge in [0, 0.05) is 27.1 Å². The fourth-order valence-electron chi connectivity index (χ4n) is 4.05. The van der Waals surface area contributed by atoms with Gasteiger partial charge in [-0.05, 0) is 65.7 Å². The second-order valence-electron chi connectivity index (χ2n) is 9.04. The van der Waals surface area contributed by atoms with Crippen molar-refractivity contribution >= 4 is 55.2 Å². The molecule has 0 amide bonds. The lowest BCUT2D eigenvalue weighted by molar-refractivity contribution is 0.306. The van der Waals surface area contributed by atoms with Crippen molar-refractivity contribution in [1.29, 1.82) is 0 Å². The topological polar surface area (TPSA) is 107 Å². The summed E-state index contributed by atoms with van der Waals surface area (Å²) >= 11 is 7.92. The van der Waals surface area contributed by atoms with E-state index in [4.69, 9.17) is 22.1 Å². The molecular weight excluding hydrogens is 559 g/mol. The molecule has 2 aromatic heterocycles. The lowest BCUT2D eigenvalue weighted by Crippen LogP contribution is -2.19. The summed E-state index contributed by atoms with van der Waals surface area (Å²) in [7, 11) is -3.19. The number of hydrogen-bond acceptors (Lipinski definition) is 8. The number of nitrogens with two attached hydrogens (primary N) is 1. The number of sulfone groups is 1. The van der Waals surface area contributed by atoms with Gasteiger partial charge in [-0.15, -0.1) is 11.3 Å². The molecule has 2 heterocycles. The van der Waals surface area contributed by atoms with Crippen molar-refractivity contribution in [2.24, 2.45) is 5.73 Å². The molecule has 1 unspecified atom stereocenters. The minimum atomic E-state index is -3.19. The summed E-state index contributed by atoms with van der Waals surface area (Å²) < 4.78 is 42.5. The van der Waals surface area contributed by atoms with Crippen LogP contribution in [-0.4, -0.2) is 30.4 Å². The van der Waals surface area contributed by atoms with Crippen LogP contribution in [0.5, 0.6) is 5.75 Å². The summed E-state index contributed by atoms with van der Waals surface area (Å²) in [5, 5.41) is 4.49. The Labute approximate surface area is 234 Å². The van der Waals surface area contributed by atoms with E-state index in [-0.39, 0.29) is 18.2 Å². The Balaban J connectivity index is 1.36. The molecule has 5 rings (SSSR count). The second kappa shape index (κ2) is 11.3. The number of aromatic nitrogens is 2. The molecule has 0 spiro atoms. The van der Waals surface area contributed by atoms with Crippen molar-refractivity contribution in [2.45, 2.75) is 12.6 Å². The minimum absolute atomic E-state index is 0.107. The molecule has 1 atom stereocenters. The van der Waals surface area contributed by atoms with Crippen LogP contribution in [-0.2, 0) is 16.4 Å². The van der Waals surface area contributed by atoms with E-state index < -0.39 is 15.9 Å². The Hall–Kier alpha value is -3.57. The highest BCUT2D eigenvalue weighted by Crippen LogP contribution is 2.35. The van der Waals surface area contributed by atoms with Gasteiger partial charge in [-0.25, -0.2) is 22.8 Å². The van der Waals surface area contributed by atoms with Gasteiger partial charge in [0.1, 0.15) is 40.2 Å². The molecule has 0 fully saturated rings. The number of fused-ring (bicyclic) bond motifs is 1. The second-order valence-corrected chi connectivity index (χ2v) is 12.8. The number of halogens is 2. The molecule has 0 saturated heterocycles. The van der Waals surface area contributed by atoms with Gasteiger partial charge in [0.15, 0.2) is 0 Å². The van der Waals surface area contributed by atoms with Gasteiger partial charge in [0.25, 0.3) is 0 Å². The first-order valence-electron chi connectivity index (χ1n) is 11.9. The van der Waals surface area contributed by atoms with E-state index in [1.807, 2.05) is 36.4 Å². The van der Waals surface area contributed by atoms with Crippen molar-refractivity contribution < 1.29 is 17.5 Å². The van der Waals surface area contributed by atoms with Crippen molar-refractivity contribution in [2.75, 3.05) is 17.3 Å². The maximum absolute atomic E-state index is 13.4. The Morgan fingerprint density at radius 3 is 2.69 bits per heavy atom. The van der Waals surface area contributed by atoms with E-state index in [2.05, 4.69) is 15.3 Å². The lowest BCUT2D eigenvalue weighted by atomic mass is 10.1. The van der Waals surface area contributed by atoms with Gasteiger partial charge >= 0.3 is 0 Å². The van der Waals surface area contributed by atoms with Crippen LogP contribution in [0.4, 0.5) is 15.9 Å². The zero-order valence-corrected chi connectivity index (χ0v) is 23.2. The third-order valence-electron chi connectivity index (χ3n) is 5.87. The highest BCUT2D eigenvalue weighted by molar-refractivity contribution is 7.90. The highest BCUT2D eigenvalue weighted by Gasteiger charge is 2.16. The van der Waals surface area contributed by atoms with Crippen molar-refractivity contribution in [3.8, 4) is 16.2 Å². The van der Waals surface area contributed by atoms with Gasteiger partial charge < -0.3 is 15.8 Å². The average molecular weight is 583 g/mol. The van der Waals surface area contributed by atoms with Crippen LogP contribution in [0, 0.1) is 5.82 Å². The summed E-state index contributed by atoms with van der Waals surface area (Å²) in [6.45, 7) is 0.188. The molecule has 0 bridgehead atoms. The fraction of sp³-hybridized carbons (Fsp3) is 0.143. The maximum atomic E-state index is 13.4. The van der Waals surface area contributed by atoms with E-state index in [1.165, 1.54) is 36.1 Å². The predicted molar refractivity (Wildman–Crippen MR) is 155 cm³/mol. The molecule has 0 aliphatic heterocycles. The molecule has 11 heteroatoms. The van der Waals surface area contributed by atoms with Crippen LogP contribution < -0.4 is 15.8 Å². The van der Waals surface area contributed by atoms with E-state index in [9.17, 15) is 12.8 Å². The maximum Gasteiger partial charge on any atom is 0.149 e. The van der Waals surface area contributed by atoms with Crippen LogP contribution in [0.3, 0.4) is 0 Å². The minimum Gasteiger partial charge on any atom is -0.487 e. The quantitative estimate of drug-likeness (QED) is 0.204. The fourth-order valence-corrected chi connectivity index (χ4v) is 6.22. The SMILES string of the molecule is CS(=O)(=O)CC(N)c1ccc(-c2ccc3ncnc(Nc4ccc(OCc5cccc(F)c5)c(Cl)c4)c3c2)s1. The van der Waals surface area contributed by atoms with Crippen molar-refractivity contribution in [1.82, 2.24) is 9.97 Å². The van der Waals surface area contributed by atoms with E-state index in [0.717, 1.165) is 26.2 Å². The van der Waals surface area contributed by atoms with Crippen LogP contribution in [0.1, 0.15) is 16.5 Å². The molecule has 0 saturated carbocycles. The Morgan fingerprint density at radius 1 is 1.08 bits per heavy atom. The Kier molecular flexibility index (Phi) is 7.81. The summed E-state index contributed by atoms with van der Waals surface area (Å²) in [5.41, 5.74) is 9.21. The standard InChI is InChI=1S/C28H24ClFN4O3S2/c1-39(35,36)15-23(31)27-10-9-26(38-27)18-5-7-24-21(12-18)28(33-16-32-24)34-20-6-8-25(22(29)13-20)37-14-17-3-2-4-19(30)11-17/h2-13,16,23H,14-15,31H2,1H3,(H,32,33,34). The van der Waals surface area contributed by atoms with Gasteiger partial charge in [-0.2, -0.15) is 0 Å². The number of nitrogens with one attached hydrogen (secondary N) is 1. The first-order valence-corrected chi connectivity index (χ1v) is 15.1. The normalized spacial score (nSPS) is 12.4. The highest BCUT2D eigenvalue weighted by atomic mass is 35.5. The predicted octanol–water partition coefficient (Wildman–Crippen LogP) is 6.52. The molecule has 3 aromatic carbocycles. The van der Waals surface area contributed by atoms with Gasteiger partial charge in [0.2, 0.25) is 0 Å². The number of rotatable bonds is 9. The number of thiophene rings is 1. The molecule has 0 aliphatic carbocycles. The lowest BCUT2D eigenvalue weighted by Gasteiger charge is -2.12. The third kappa shape index (κ3) is 6.72. The van der Waals surface area contributed by atoms with Gasteiger partial charge in [-0.3, -0.25) is 0 Å². The van der Waals surface area contributed by atoms with E-state index in [1.54, 1.807) is 24.3 Å². The average Bonchev–Trinajstić information content (AvgIpc) is 3.38. The van der Waals surface area contributed by atoms with Crippen LogP contribution >= 0.6 is 22.9 Å². The number of ether oxygens (including phenoxy) is 1. The molecule has 0 aliphatic rings. The first kappa shape index (κ1) is 27.0. The van der Waals surface area contributed by atoms with E-state index in [0.29, 0.717) is 27.8 Å². The van der Waals surface area contributed by atoms with Crippen molar-refractivity contribution in [3.05, 3.63) is 100 Å². The molecular formula is C28H24ClFN4O3S2. The third-order valence-corrected chi connectivity index (χ3v) is 8.40. The van der Waals surface area contributed by atoms with Gasteiger partial charge in [-0.1, -0.05) is 29.8 Å². The summed E-state index contributed by atoms with van der Waals surface area (Å²) in [4.78, 5) is 10.6. The van der Waals surface area contributed by atoms with Crippen LogP contribution in [0.25, 0.3) is 21.3 Å². The number of hydrogen-bond donors (Lipinski definition) is 2. The number of nitrogens with zero attached hydrogens (tertiary/aromatic N) is 2. The largest absolute Gasteiger partial charge is 0.487 e. The van der Waals surface area contributed by atoms with E-state index >= 15 is 0 Å². The van der Waals surface area contributed by atoms with Crippen molar-refractivity contribution in [3.63, 3.8) is 0 Å². The smallest absolute Gasteiger partial charge is 0.149 e. The van der Waals surface area contributed by atoms with Crippen LogP contribution in [0.2, 0.25) is 5.02 Å². The molecule has 3 N–H and O–H groups in total. The first-order chi connectivity index (χ1) is 18.6. The molecule has 0 radical (unpaired) electrons. The van der Waals surface area contributed by atoms with Gasteiger partial charge in [0.05, 0.1) is 22.3 Å². The summed E-state index contributed by atoms with van der Waals surface area (Å²) in [6, 6.07) is 20.6. The zero-order valence-electron chi connectivity index (χ0n) is 20.8. The monoisotopic (exact) mass is 582 g/mol.